The SMILES string of the molecule is CC(C)CC(=O)Nc1ccc(Cl)c(C(=O)Nc2ccccc2CC(=O)O)c1. The van der Waals surface area contributed by atoms with Crippen molar-refractivity contribution in [3.05, 3.63) is 58.6 Å². The number of hydrogen-bond acceptors (Lipinski definition) is 3. The number of aliphatic carboxylic acids is 1. The second-order valence-corrected chi connectivity index (χ2v) is 6.93. The van der Waals surface area contributed by atoms with E-state index < -0.39 is 11.9 Å². The van der Waals surface area contributed by atoms with Crippen molar-refractivity contribution in [2.75, 3.05) is 10.6 Å². The monoisotopic (exact) mass is 388 g/mol. The lowest BCUT2D eigenvalue weighted by atomic mass is 10.1. The molecule has 0 saturated heterocycles. The minimum atomic E-state index is -0.996. The number of para-hydroxylation sites is 1. The molecule has 0 aliphatic carbocycles. The van der Waals surface area contributed by atoms with Crippen molar-refractivity contribution in [3.8, 4) is 0 Å². The van der Waals surface area contributed by atoms with Crippen LogP contribution in [0.4, 0.5) is 11.4 Å². The summed E-state index contributed by atoms with van der Waals surface area (Å²) in [6, 6.07) is 11.3. The van der Waals surface area contributed by atoms with Crippen LogP contribution in [0.3, 0.4) is 0 Å². The van der Waals surface area contributed by atoms with Crippen LogP contribution in [0.25, 0.3) is 0 Å². The number of amides is 2. The first-order valence-corrected chi connectivity index (χ1v) is 8.84. The summed E-state index contributed by atoms with van der Waals surface area (Å²) in [5.41, 5.74) is 1.53. The number of carboxylic acids is 1. The summed E-state index contributed by atoms with van der Waals surface area (Å²) in [5.74, 6) is -1.42. The summed E-state index contributed by atoms with van der Waals surface area (Å²) in [6.45, 7) is 3.88. The van der Waals surface area contributed by atoms with Crippen molar-refractivity contribution in [1.82, 2.24) is 0 Å². The Morgan fingerprint density at radius 1 is 1.07 bits per heavy atom. The molecule has 0 fully saturated rings. The molecule has 0 aliphatic heterocycles. The van der Waals surface area contributed by atoms with Crippen molar-refractivity contribution in [2.45, 2.75) is 26.7 Å². The van der Waals surface area contributed by atoms with Gasteiger partial charge >= 0.3 is 5.97 Å². The van der Waals surface area contributed by atoms with E-state index in [1.807, 2.05) is 13.8 Å². The quantitative estimate of drug-likeness (QED) is 0.662. The van der Waals surface area contributed by atoms with E-state index >= 15 is 0 Å². The van der Waals surface area contributed by atoms with Crippen molar-refractivity contribution in [2.24, 2.45) is 5.92 Å². The van der Waals surface area contributed by atoms with Crippen LogP contribution in [0.15, 0.2) is 42.5 Å². The number of nitrogens with one attached hydrogen (secondary N) is 2. The predicted octanol–water partition coefficient (Wildman–Crippen LogP) is 4.20. The van der Waals surface area contributed by atoms with Gasteiger partial charge < -0.3 is 15.7 Å². The Labute approximate surface area is 162 Å². The van der Waals surface area contributed by atoms with E-state index in [1.54, 1.807) is 30.3 Å². The van der Waals surface area contributed by atoms with Crippen LogP contribution < -0.4 is 10.6 Å². The third kappa shape index (κ3) is 6.11. The maximum Gasteiger partial charge on any atom is 0.307 e. The normalized spacial score (nSPS) is 10.5. The number of carboxylic acid groups (broad SMARTS) is 1. The Morgan fingerprint density at radius 2 is 1.78 bits per heavy atom. The van der Waals surface area contributed by atoms with E-state index in [9.17, 15) is 14.4 Å². The minimum Gasteiger partial charge on any atom is -0.481 e. The largest absolute Gasteiger partial charge is 0.481 e. The predicted molar refractivity (Wildman–Crippen MR) is 105 cm³/mol. The molecule has 2 aromatic carbocycles. The average Bonchev–Trinajstić information content (AvgIpc) is 2.57. The number of hydrogen-bond donors (Lipinski definition) is 3. The highest BCUT2D eigenvalue weighted by atomic mass is 35.5. The van der Waals surface area contributed by atoms with Gasteiger partial charge in [0.05, 0.1) is 17.0 Å². The molecule has 0 bridgehead atoms. The average molecular weight is 389 g/mol. The van der Waals surface area contributed by atoms with Gasteiger partial charge in [-0.2, -0.15) is 0 Å². The topological polar surface area (TPSA) is 95.5 Å². The van der Waals surface area contributed by atoms with Crippen LogP contribution in [-0.4, -0.2) is 22.9 Å². The first kappa shape index (κ1) is 20.5. The number of carbonyl (C=O) groups excluding carboxylic acids is 2. The molecule has 0 aromatic heterocycles. The zero-order valence-corrected chi connectivity index (χ0v) is 15.8. The van der Waals surface area contributed by atoms with E-state index in [-0.39, 0.29) is 28.8 Å². The molecular weight excluding hydrogens is 368 g/mol. The maximum atomic E-state index is 12.6. The third-order valence-electron chi connectivity index (χ3n) is 3.70. The molecule has 7 heteroatoms. The highest BCUT2D eigenvalue weighted by Gasteiger charge is 2.15. The van der Waals surface area contributed by atoms with E-state index in [4.69, 9.17) is 16.7 Å². The van der Waals surface area contributed by atoms with Crippen LogP contribution in [0, 0.1) is 5.92 Å². The lowest BCUT2D eigenvalue weighted by Crippen LogP contribution is -2.17. The van der Waals surface area contributed by atoms with Crippen LogP contribution in [0.2, 0.25) is 5.02 Å². The Kier molecular flexibility index (Phi) is 6.96. The van der Waals surface area contributed by atoms with Gasteiger partial charge in [-0.05, 0) is 35.7 Å². The van der Waals surface area contributed by atoms with Gasteiger partial charge in [0.25, 0.3) is 5.91 Å². The molecule has 6 nitrogen and oxygen atoms in total. The zero-order chi connectivity index (χ0) is 20.0. The zero-order valence-electron chi connectivity index (χ0n) is 15.1. The fourth-order valence-corrected chi connectivity index (χ4v) is 2.71. The smallest absolute Gasteiger partial charge is 0.307 e. The van der Waals surface area contributed by atoms with Gasteiger partial charge in [-0.15, -0.1) is 0 Å². The van der Waals surface area contributed by atoms with Gasteiger partial charge in [0.2, 0.25) is 5.91 Å². The second-order valence-electron chi connectivity index (χ2n) is 6.52. The van der Waals surface area contributed by atoms with Gasteiger partial charge in [-0.1, -0.05) is 43.6 Å². The molecule has 0 spiro atoms. The van der Waals surface area contributed by atoms with Gasteiger partial charge in [-0.25, -0.2) is 0 Å². The first-order chi connectivity index (χ1) is 12.8. The molecule has 0 aliphatic rings. The van der Waals surface area contributed by atoms with Crippen LogP contribution in [0.5, 0.6) is 0 Å². The highest BCUT2D eigenvalue weighted by molar-refractivity contribution is 6.34. The number of anilines is 2. The van der Waals surface area contributed by atoms with Gasteiger partial charge in [-0.3, -0.25) is 14.4 Å². The molecule has 0 unspecified atom stereocenters. The number of halogens is 1. The summed E-state index contributed by atoms with van der Waals surface area (Å²) in [5, 5.41) is 14.7. The molecule has 0 heterocycles. The Balaban J connectivity index is 2.20. The number of benzene rings is 2. The minimum absolute atomic E-state index is 0.148. The summed E-state index contributed by atoms with van der Waals surface area (Å²) in [6.07, 6.45) is 0.155. The van der Waals surface area contributed by atoms with Gasteiger partial charge in [0.15, 0.2) is 0 Å². The van der Waals surface area contributed by atoms with Crippen LogP contribution >= 0.6 is 11.6 Å². The van der Waals surface area contributed by atoms with Gasteiger partial charge in [0, 0.05) is 17.8 Å². The summed E-state index contributed by atoms with van der Waals surface area (Å²) >= 11 is 6.13. The lowest BCUT2D eigenvalue weighted by molar-refractivity contribution is -0.136. The summed E-state index contributed by atoms with van der Waals surface area (Å²) in [7, 11) is 0. The highest BCUT2D eigenvalue weighted by Crippen LogP contribution is 2.23. The van der Waals surface area contributed by atoms with E-state index in [0.29, 0.717) is 23.4 Å². The van der Waals surface area contributed by atoms with E-state index in [2.05, 4.69) is 10.6 Å². The molecule has 0 radical (unpaired) electrons. The van der Waals surface area contributed by atoms with E-state index in [0.717, 1.165) is 0 Å². The van der Waals surface area contributed by atoms with Crippen LogP contribution in [0.1, 0.15) is 36.2 Å². The van der Waals surface area contributed by atoms with Crippen molar-refractivity contribution in [3.63, 3.8) is 0 Å². The van der Waals surface area contributed by atoms with Crippen molar-refractivity contribution >= 4 is 40.8 Å². The Morgan fingerprint density at radius 3 is 2.44 bits per heavy atom. The molecule has 0 atom stereocenters. The Hall–Kier alpha value is -2.86. The molecule has 2 amide bonds. The molecular formula is C20H21ClN2O4. The van der Waals surface area contributed by atoms with Gasteiger partial charge in [0.1, 0.15) is 0 Å². The summed E-state index contributed by atoms with van der Waals surface area (Å²) in [4.78, 5) is 35.5. The third-order valence-corrected chi connectivity index (χ3v) is 4.03. The van der Waals surface area contributed by atoms with Crippen molar-refractivity contribution in [1.29, 1.82) is 0 Å². The summed E-state index contributed by atoms with van der Waals surface area (Å²) < 4.78 is 0. The molecule has 0 saturated carbocycles. The molecule has 2 aromatic rings. The molecule has 2 rings (SSSR count). The number of rotatable bonds is 7. The second kappa shape index (κ2) is 9.19. The molecule has 3 N–H and O–H groups in total. The fourth-order valence-electron chi connectivity index (χ4n) is 2.51. The van der Waals surface area contributed by atoms with Crippen LogP contribution in [-0.2, 0) is 16.0 Å². The first-order valence-electron chi connectivity index (χ1n) is 8.46. The molecule has 142 valence electrons. The lowest BCUT2D eigenvalue weighted by Gasteiger charge is -2.12. The Bertz CT molecular complexity index is 865. The van der Waals surface area contributed by atoms with E-state index in [1.165, 1.54) is 12.1 Å². The maximum absolute atomic E-state index is 12.6. The number of carbonyl (C=O) groups is 3. The fraction of sp³-hybridized carbons (Fsp3) is 0.250. The van der Waals surface area contributed by atoms with Crippen molar-refractivity contribution < 1.29 is 19.5 Å². The molecule has 27 heavy (non-hydrogen) atoms. The standard InChI is InChI=1S/C20H21ClN2O4/c1-12(2)9-18(24)22-14-7-8-16(21)15(11-14)20(27)23-17-6-4-3-5-13(17)10-19(25)26/h3-8,11-12H,9-10H2,1-2H3,(H,22,24)(H,23,27)(H,25,26).